The molecule has 3 fully saturated rings. The van der Waals surface area contributed by atoms with Crippen molar-refractivity contribution in [1.82, 2.24) is 14.9 Å². The van der Waals surface area contributed by atoms with E-state index in [1.54, 1.807) is 29.8 Å². The number of hydrogen-bond donors (Lipinski definition) is 0. The van der Waals surface area contributed by atoms with E-state index in [0.717, 1.165) is 18.0 Å². The molecule has 0 unspecified atom stereocenters. The quantitative estimate of drug-likeness (QED) is 0.861. The Morgan fingerprint density at radius 1 is 1.33 bits per heavy atom. The molecule has 0 N–H and O–H groups in total. The smallest absolute Gasteiger partial charge is 0.255 e. The molecule has 2 aliphatic heterocycles. The van der Waals surface area contributed by atoms with Crippen molar-refractivity contribution in [2.45, 2.75) is 37.4 Å². The second-order valence-electron chi connectivity index (χ2n) is 7.00. The van der Waals surface area contributed by atoms with Crippen LogP contribution in [0.1, 0.15) is 52.3 Å². The first-order chi connectivity index (χ1) is 11.8. The summed E-state index contributed by atoms with van der Waals surface area (Å²) >= 11 is 1.73. The van der Waals surface area contributed by atoms with Gasteiger partial charge in [0.05, 0.1) is 17.4 Å². The van der Waals surface area contributed by atoms with Crippen molar-refractivity contribution in [3.63, 3.8) is 0 Å². The Kier molecular flexibility index (Phi) is 3.41. The Morgan fingerprint density at radius 3 is 3.00 bits per heavy atom. The van der Waals surface area contributed by atoms with E-state index in [-0.39, 0.29) is 18.1 Å². The predicted molar refractivity (Wildman–Crippen MR) is 90.0 cm³/mol. The number of pyridine rings is 1. The van der Waals surface area contributed by atoms with Gasteiger partial charge in [0.1, 0.15) is 11.1 Å². The van der Waals surface area contributed by atoms with Crippen LogP contribution in [0.25, 0.3) is 0 Å². The lowest BCUT2D eigenvalue weighted by Gasteiger charge is -2.18. The molecule has 5 nitrogen and oxygen atoms in total. The van der Waals surface area contributed by atoms with Crippen LogP contribution in [0.3, 0.4) is 0 Å². The minimum absolute atomic E-state index is 0.0583. The van der Waals surface area contributed by atoms with Crippen molar-refractivity contribution in [3.05, 3.63) is 46.2 Å². The first-order valence-corrected chi connectivity index (χ1v) is 9.46. The third-order valence-corrected chi connectivity index (χ3v) is 6.20. The Labute approximate surface area is 144 Å². The highest BCUT2D eigenvalue weighted by atomic mass is 32.1. The number of fused-ring (bicyclic) bond motifs is 1. The number of carbonyl (C=O) groups is 1. The van der Waals surface area contributed by atoms with Gasteiger partial charge in [0.25, 0.3) is 5.91 Å². The monoisotopic (exact) mass is 341 g/mol. The van der Waals surface area contributed by atoms with Crippen molar-refractivity contribution in [1.29, 1.82) is 0 Å². The number of ether oxygens (including phenoxy) is 1. The maximum Gasteiger partial charge on any atom is 0.255 e. The number of thiazole rings is 1. The van der Waals surface area contributed by atoms with Crippen molar-refractivity contribution < 1.29 is 9.53 Å². The molecule has 6 heteroatoms. The third kappa shape index (κ3) is 2.54. The molecule has 3 atom stereocenters. The molecule has 24 heavy (non-hydrogen) atoms. The zero-order valence-corrected chi connectivity index (χ0v) is 14.1. The number of rotatable bonds is 3. The van der Waals surface area contributed by atoms with E-state index in [9.17, 15) is 4.79 Å². The van der Waals surface area contributed by atoms with E-state index in [1.807, 2.05) is 11.0 Å². The van der Waals surface area contributed by atoms with Gasteiger partial charge in [0.15, 0.2) is 0 Å². The minimum Gasteiger partial charge on any atom is -0.366 e. The number of carbonyl (C=O) groups excluding carboxylic acids is 1. The van der Waals surface area contributed by atoms with Crippen molar-refractivity contribution in [2.75, 3.05) is 13.1 Å². The van der Waals surface area contributed by atoms with Crippen LogP contribution in [0.5, 0.6) is 0 Å². The largest absolute Gasteiger partial charge is 0.366 e. The highest BCUT2D eigenvalue weighted by Crippen LogP contribution is 2.45. The van der Waals surface area contributed by atoms with Gasteiger partial charge in [-0.1, -0.05) is 0 Å². The van der Waals surface area contributed by atoms with Gasteiger partial charge in [-0.05, 0) is 31.4 Å². The molecule has 3 aliphatic rings. The van der Waals surface area contributed by atoms with Crippen LogP contribution < -0.4 is 0 Å². The van der Waals surface area contributed by atoms with Gasteiger partial charge in [-0.15, -0.1) is 11.3 Å². The summed E-state index contributed by atoms with van der Waals surface area (Å²) in [6.07, 6.45) is 7.12. The maximum atomic E-state index is 12.5. The maximum absolute atomic E-state index is 12.5. The number of likely N-dealkylation sites (tertiary alicyclic amines) is 1. The van der Waals surface area contributed by atoms with E-state index in [0.29, 0.717) is 23.9 Å². The SMILES string of the molecule is O=C(c1cccnc1)N1C[C@H]2C[C@H](c3nc(C4CC4)cs3)O[C@H]2C1. The highest BCUT2D eigenvalue weighted by molar-refractivity contribution is 7.09. The molecular weight excluding hydrogens is 322 g/mol. The van der Waals surface area contributed by atoms with Gasteiger partial charge < -0.3 is 9.64 Å². The standard InChI is InChI=1S/C18H19N3O2S/c22-18(12-2-1-5-19-7-12)21-8-13-6-15(23-16(13)9-21)17-20-14(10-24-17)11-3-4-11/h1-2,5,7,10-11,13,15-16H,3-4,6,8-9H2/t13-,15-,16+/m1/s1. The van der Waals surface area contributed by atoms with E-state index < -0.39 is 0 Å². The molecule has 5 rings (SSSR count). The molecule has 2 saturated heterocycles. The first-order valence-electron chi connectivity index (χ1n) is 8.58. The predicted octanol–water partition coefficient (Wildman–Crippen LogP) is 3.02. The molecule has 0 aromatic carbocycles. The van der Waals surface area contributed by atoms with Crippen molar-refractivity contribution in [2.24, 2.45) is 5.92 Å². The molecule has 0 radical (unpaired) electrons. The fourth-order valence-electron chi connectivity index (χ4n) is 3.78. The lowest BCUT2D eigenvalue weighted by atomic mass is 10.0. The third-order valence-electron chi connectivity index (χ3n) is 5.24. The molecule has 1 saturated carbocycles. The van der Waals surface area contributed by atoms with E-state index in [1.165, 1.54) is 18.5 Å². The van der Waals surface area contributed by atoms with Crippen LogP contribution >= 0.6 is 11.3 Å². The van der Waals surface area contributed by atoms with Gasteiger partial charge in [-0.25, -0.2) is 4.98 Å². The number of amides is 1. The molecule has 1 aliphatic carbocycles. The molecular formula is C18H19N3O2S. The van der Waals surface area contributed by atoms with Gasteiger partial charge in [-0.3, -0.25) is 9.78 Å². The molecule has 0 bridgehead atoms. The lowest BCUT2D eigenvalue weighted by molar-refractivity contribution is 0.0353. The summed E-state index contributed by atoms with van der Waals surface area (Å²) in [4.78, 5) is 23.3. The molecule has 4 heterocycles. The van der Waals surface area contributed by atoms with E-state index >= 15 is 0 Å². The molecule has 1 amide bonds. The van der Waals surface area contributed by atoms with E-state index in [2.05, 4.69) is 10.4 Å². The molecule has 124 valence electrons. The Morgan fingerprint density at radius 2 is 2.25 bits per heavy atom. The molecule has 2 aromatic rings. The average molecular weight is 341 g/mol. The Bertz CT molecular complexity index is 745. The highest BCUT2D eigenvalue weighted by Gasteiger charge is 2.45. The summed E-state index contributed by atoms with van der Waals surface area (Å²) in [5.74, 6) is 1.18. The Balaban J connectivity index is 1.24. The van der Waals surface area contributed by atoms with E-state index in [4.69, 9.17) is 9.72 Å². The summed E-state index contributed by atoms with van der Waals surface area (Å²) in [6, 6.07) is 3.62. The number of hydrogen-bond acceptors (Lipinski definition) is 5. The molecule has 2 aromatic heterocycles. The van der Waals surface area contributed by atoms with Gasteiger partial charge >= 0.3 is 0 Å². The fraction of sp³-hybridized carbons (Fsp3) is 0.500. The van der Waals surface area contributed by atoms with Crippen LogP contribution in [0.2, 0.25) is 0 Å². The van der Waals surface area contributed by atoms with Gasteiger partial charge in [0.2, 0.25) is 0 Å². The van der Waals surface area contributed by atoms with Gasteiger partial charge in [0, 0.05) is 42.7 Å². The van der Waals surface area contributed by atoms with Crippen LogP contribution in [0.15, 0.2) is 29.9 Å². The molecule has 0 spiro atoms. The van der Waals surface area contributed by atoms with Gasteiger partial charge in [-0.2, -0.15) is 0 Å². The number of aromatic nitrogens is 2. The van der Waals surface area contributed by atoms with Crippen LogP contribution in [0.4, 0.5) is 0 Å². The summed E-state index contributed by atoms with van der Waals surface area (Å²) in [5.41, 5.74) is 1.91. The second kappa shape index (κ2) is 5.63. The first kappa shape index (κ1) is 14.5. The fourth-order valence-corrected chi connectivity index (χ4v) is 4.72. The van der Waals surface area contributed by atoms with Crippen LogP contribution in [-0.2, 0) is 4.74 Å². The number of nitrogens with zero attached hydrogens (tertiary/aromatic N) is 3. The topological polar surface area (TPSA) is 55.3 Å². The summed E-state index contributed by atoms with van der Waals surface area (Å²) in [5, 5.41) is 3.32. The summed E-state index contributed by atoms with van der Waals surface area (Å²) < 4.78 is 6.24. The van der Waals surface area contributed by atoms with Crippen LogP contribution in [-0.4, -0.2) is 40.0 Å². The summed E-state index contributed by atoms with van der Waals surface area (Å²) in [7, 11) is 0. The average Bonchev–Trinajstić information content (AvgIpc) is 3.04. The minimum atomic E-state index is 0.0583. The Hall–Kier alpha value is -1.79. The normalized spacial score (nSPS) is 29.0. The van der Waals surface area contributed by atoms with Crippen molar-refractivity contribution in [3.8, 4) is 0 Å². The zero-order chi connectivity index (χ0) is 16.1. The zero-order valence-electron chi connectivity index (χ0n) is 13.3. The summed E-state index contributed by atoms with van der Waals surface area (Å²) in [6.45, 7) is 1.45. The second-order valence-corrected chi connectivity index (χ2v) is 7.89. The van der Waals surface area contributed by atoms with Crippen LogP contribution in [0, 0.1) is 5.92 Å². The lowest BCUT2D eigenvalue weighted by Crippen LogP contribution is -2.30. The van der Waals surface area contributed by atoms with Crippen molar-refractivity contribution >= 4 is 17.2 Å².